The van der Waals surface area contributed by atoms with Crippen LogP contribution in [0.5, 0.6) is 0 Å². The van der Waals surface area contributed by atoms with E-state index in [1.54, 1.807) is 36.4 Å². The number of rotatable bonds is 6. The first-order valence-corrected chi connectivity index (χ1v) is 10.5. The van der Waals surface area contributed by atoms with Crippen molar-refractivity contribution in [1.82, 2.24) is 14.4 Å². The maximum absolute atomic E-state index is 12.6. The molecule has 10 heteroatoms. The molecule has 2 aromatic carbocycles. The van der Waals surface area contributed by atoms with Gasteiger partial charge in [0, 0.05) is 22.7 Å². The first-order valence-electron chi connectivity index (χ1n) is 7.71. The van der Waals surface area contributed by atoms with E-state index in [-0.39, 0.29) is 18.2 Å². The predicted octanol–water partition coefficient (Wildman–Crippen LogP) is 4.66. The van der Waals surface area contributed by atoms with E-state index in [2.05, 4.69) is 10.1 Å². The van der Waals surface area contributed by atoms with Crippen molar-refractivity contribution in [3.63, 3.8) is 0 Å². The molecule has 0 atom stereocenters. The van der Waals surface area contributed by atoms with Crippen LogP contribution in [0.1, 0.15) is 11.5 Å². The fourth-order valence-electron chi connectivity index (χ4n) is 2.31. The predicted molar refractivity (Wildman–Crippen MR) is 105 cm³/mol. The van der Waals surface area contributed by atoms with Gasteiger partial charge in [-0.05, 0) is 29.8 Å². The third kappa shape index (κ3) is 4.80. The molecular weight excluding hydrogens is 433 g/mol. The summed E-state index contributed by atoms with van der Waals surface area (Å²) in [6, 6.07) is 11.7. The molecule has 1 aromatic heterocycles. The van der Waals surface area contributed by atoms with Crippen molar-refractivity contribution in [2.75, 3.05) is 7.05 Å². The van der Waals surface area contributed by atoms with Crippen molar-refractivity contribution >= 4 is 44.8 Å². The van der Waals surface area contributed by atoms with Crippen LogP contribution in [0.15, 0.2) is 47.0 Å². The zero-order chi connectivity index (χ0) is 19.6. The van der Waals surface area contributed by atoms with Crippen molar-refractivity contribution in [2.24, 2.45) is 0 Å². The fraction of sp³-hybridized carbons (Fsp3) is 0.176. The average molecular weight is 447 g/mol. The highest BCUT2D eigenvalue weighted by atomic mass is 35.5. The SMILES string of the molecule is CN(Cc1nc(-c2ccccc2Cl)no1)S(=O)(=O)Cc1ccc(Cl)cc1Cl. The molecule has 0 N–H and O–H groups in total. The normalized spacial score (nSPS) is 11.9. The highest BCUT2D eigenvalue weighted by molar-refractivity contribution is 7.88. The number of hydrogen-bond donors (Lipinski definition) is 0. The lowest BCUT2D eigenvalue weighted by atomic mass is 10.2. The molecule has 6 nitrogen and oxygen atoms in total. The standard InChI is InChI=1S/C17H14Cl3N3O3S/c1-23(27(24,25)10-11-6-7-12(18)8-15(11)20)9-16-21-17(22-26-16)13-4-2-3-5-14(13)19/h2-8H,9-10H2,1H3. The van der Waals surface area contributed by atoms with E-state index in [1.165, 1.54) is 13.1 Å². The van der Waals surface area contributed by atoms with E-state index in [9.17, 15) is 8.42 Å². The van der Waals surface area contributed by atoms with E-state index >= 15 is 0 Å². The van der Waals surface area contributed by atoms with Gasteiger partial charge < -0.3 is 4.52 Å². The quantitative estimate of drug-likeness (QED) is 0.550. The lowest BCUT2D eigenvalue weighted by Gasteiger charge is -2.15. The molecule has 0 amide bonds. The Labute approximate surface area is 171 Å². The van der Waals surface area contributed by atoms with E-state index in [1.807, 2.05) is 0 Å². The van der Waals surface area contributed by atoms with Crippen molar-refractivity contribution < 1.29 is 12.9 Å². The number of sulfonamides is 1. The molecule has 0 saturated heterocycles. The Morgan fingerprint density at radius 1 is 1.07 bits per heavy atom. The Balaban J connectivity index is 1.75. The van der Waals surface area contributed by atoms with Crippen LogP contribution >= 0.6 is 34.8 Å². The number of aromatic nitrogens is 2. The van der Waals surface area contributed by atoms with E-state index < -0.39 is 10.0 Å². The van der Waals surface area contributed by atoms with Crippen molar-refractivity contribution in [2.45, 2.75) is 12.3 Å². The monoisotopic (exact) mass is 445 g/mol. The van der Waals surface area contributed by atoms with Crippen LogP contribution in [0, 0.1) is 0 Å². The van der Waals surface area contributed by atoms with E-state index in [4.69, 9.17) is 39.3 Å². The van der Waals surface area contributed by atoms with Crippen LogP contribution in [0.3, 0.4) is 0 Å². The zero-order valence-electron chi connectivity index (χ0n) is 14.1. The Morgan fingerprint density at radius 2 is 1.81 bits per heavy atom. The van der Waals surface area contributed by atoms with E-state index in [0.29, 0.717) is 32.0 Å². The maximum Gasteiger partial charge on any atom is 0.242 e. The van der Waals surface area contributed by atoms with Crippen molar-refractivity contribution in [3.05, 3.63) is 69.0 Å². The molecule has 0 aliphatic carbocycles. The Hall–Kier alpha value is -1.64. The Bertz CT molecular complexity index is 1070. The molecule has 0 aliphatic heterocycles. The summed E-state index contributed by atoms with van der Waals surface area (Å²) in [5.74, 6) is 0.172. The van der Waals surface area contributed by atoms with Crippen LogP contribution < -0.4 is 0 Å². The number of hydrogen-bond acceptors (Lipinski definition) is 5. The summed E-state index contributed by atoms with van der Waals surface area (Å²) in [4.78, 5) is 4.22. The second-order valence-corrected chi connectivity index (χ2v) is 9.07. The highest BCUT2D eigenvalue weighted by Gasteiger charge is 2.23. The summed E-state index contributed by atoms with van der Waals surface area (Å²) in [5.41, 5.74) is 1.06. The molecule has 0 bridgehead atoms. The molecule has 0 fully saturated rings. The lowest BCUT2D eigenvalue weighted by molar-refractivity contribution is 0.336. The summed E-state index contributed by atoms with van der Waals surface area (Å²) in [5, 5.41) is 5.07. The molecule has 0 saturated carbocycles. The molecule has 0 spiro atoms. The van der Waals surface area contributed by atoms with Gasteiger partial charge in [-0.25, -0.2) is 8.42 Å². The summed E-state index contributed by atoms with van der Waals surface area (Å²) in [7, 11) is -2.23. The van der Waals surface area contributed by atoms with Crippen LogP contribution in [0.4, 0.5) is 0 Å². The second kappa shape index (κ2) is 8.16. The third-order valence-electron chi connectivity index (χ3n) is 3.77. The molecular formula is C17H14Cl3N3O3S. The van der Waals surface area contributed by atoms with Crippen molar-refractivity contribution in [3.8, 4) is 11.4 Å². The topological polar surface area (TPSA) is 76.3 Å². The molecule has 1 heterocycles. The number of nitrogens with zero attached hydrogens (tertiary/aromatic N) is 3. The molecule has 142 valence electrons. The third-order valence-corrected chi connectivity index (χ3v) is 6.44. The molecule has 0 radical (unpaired) electrons. The smallest absolute Gasteiger partial charge is 0.242 e. The molecule has 0 unspecified atom stereocenters. The molecule has 0 aliphatic rings. The van der Waals surface area contributed by atoms with Gasteiger partial charge in [-0.15, -0.1) is 0 Å². The van der Waals surface area contributed by atoms with Crippen molar-refractivity contribution in [1.29, 1.82) is 0 Å². The summed E-state index contributed by atoms with van der Waals surface area (Å²) < 4.78 is 31.5. The molecule has 3 aromatic rings. The lowest BCUT2D eigenvalue weighted by Crippen LogP contribution is -2.28. The first kappa shape index (κ1) is 20.1. The first-order chi connectivity index (χ1) is 12.8. The van der Waals surface area contributed by atoms with Gasteiger partial charge in [-0.2, -0.15) is 9.29 Å². The van der Waals surface area contributed by atoms with Crippen LogP contribution in [0.25, 0.3) is 11.4 Å². The maximum atomic E-state index is 12.6. The van der Waals surface area contributed by atoms with E-state index in [0.717, 1.165) is 4.31 Å². The Kier molecular flexibility index (Phi) is 6.08. The van der Waals surface area contributed by atoms with Gasteiger partial charge in [-0.1, -0.05) is 58.2 Å². The summed E-state index contributed by atoms with van der Waals surface area (Å²) in [6.45, 7) is -0.0784. The molecule has 27 heavy (non-hydrogen) atoms. The average Bonchev–Trinajstić information content (AvgIpc) is 3.06. The van der Waals surface area contributed by atoms with Gasteiger partial charge in [0.15, 0.2) is 0 Å². The van der Waals surface area contributed by atoms with Crippen LogP contribution in [-0.2, 0) is 22.3 Å². The van der Waals surface area contributed by atoms with Gasteiger partial charge in [-0.3, -0.25) is 0 Å². The van der Waals surface area contributed by atoms with Gasteiger partial charge in [0.05, 0.1) is 17.3 Å². The van der Waals surface area contributed by atoms with Crippen LogP contribution in [-0.4, -0.2) is 29.9 Å². The minimum absolute atomic E-state index is 0.0784. The number of halogens is 3. The second-order valence-electron chi connectivity index (χ2n) is 5.74. The van der Waals surface area contributed by atoms with Gasteiger partial charge in [0.25, 0.3) is 0 Å². The molecule has 3 rings (SSSR count). The van der Waals surface area contributed by atoms with Gasteiger partial charge >= 0.3 is 0 Å². The fourth-order valence-corrected chi connectivity index (χ4v) is 4.25. The minimum Gasteiger partial charge on any atom is -0.338 e. The summed E-state index contributed by atoms with van der Waals surface area (Å²) >= 11 is 18.0. The summed E-state index contributed by atoms with van der Waals surface area (Å²) in [6.07, 6.45) is 0. The largest absolute Gasteiger partial charge is 0.338 e. The highest BCUT2D eigenvalue weighted by Crippen LogP contribution is 2.26. The Morgan fingerprint density at radius 3 is 2.52 bits per heavy atom. The van der Waals surface area contributed by atoms with Gasteiger partial charge in [0.1, 0.15) is 0 Å². The zero-order valence-corrected chi connectivity index (χ0v) is 17.1. The minimum atomic E-state index is -3.66. The number of benzene rings is 2. The van der Waals surface area contributed by atoms with Gasteiger partial charge in [0.2, 0.25) is 21.7 Å². The van der Waals surface area contributed by atoms with Crippen LogP contribution in [0.2, 0.25) is 15.1 Å².